The molecule has 10 heteroatoms. The molecule has 3 aromatic rings. The third kappa shape index (κ3) is 4.02. The third-order valence-corrected chi connectivity index (χ3v) is 5.85. The normalized spacial score (nSPS) is 11.6. The van der Waals surface area contributed by atoms with Crippen LogP contribution in [0.2, 0.25) is 0 Å². The van der Waals surface area contributed by atoms with Crippen LogP contribution in [0.25, 0.3) is 11.0 Å². The maximum atomic E-state index is 13.1. The van der Waals surface area contributed by atoms with Crippen molar-refractivity contribution in [1.82, 2.24) is 14.3 Å². The van der Waals surface area contributed by atoms with Crippen LogP contribution < -0.4 is 11.1 Å². The third-order valence-electron chi connectivity index (χ3n) is 4.07. The van der Waals surface area contributed by atoms with E-state index in [1.54, 1.807) is 30.3 Å². The second kappa shape index (κ2) is 7.79. The average molecular weight is 403 g/mol. The molecule has 0 atom stereocenters. The highest BCUT2D eigenvalue weighted by atomic mass is 32.2. The zero-order chi connectivity index (χ0) is 20.3. The van der Waals surface area contributed by atoms with Crippen molar-refractivity contribution in [3.8, 4) is 0 Å². The number of rotatable bonds is 6. The molecule has 0 fully saturated rings. The van der Waals surface area contributed by atoms with Crippen molar-refractivity contribution in [2.45, 2.75) is 11.4 Å². The van der Waals surface area contributed by atoms with Gasteiger partial charge in [0.2, 0.25) is 10.0 Å². The molecule has 2 N–H and O–H groups in total. The molecule has 0 unspecified atom stereocenters. The summed E-state index contributed by atoms with van der Waals surface area (Å²) in [7, 11) is -2.93. The molecule has 3 rings (SSSR count). The molecule has 0 aliphatic carbocycles. The van der Waals surface area contributed by atoms with Crippen molar-refractivity contribution in [3.63, 3.8) is 0 Å². The van der Waals surface area contributed by atoms with E-state index in [1.807, 2.05) is 0 Å². The van der Waals surface area contributed by atoms with Gasteiger partial charge >= 0.3 is 17.1 Å². The number of hydrogen-bond acceptors (Lipinski definition) is 6. The van der Waals surface area contributed by atoms with Gasteiger partial charge in [-0.15, -0.1) is 0 Å². The zero-order valence-corrected chi connectivity index (χ0v) is 15.7. The fourth-order valence-electron chi connectivity index (χ4n) is 2.62. The number of carbonyl (C=O) groups excluding carboxylic acids is 1. The van der Waals surface area contributed by atoms with Crippen LogP contribution in [0.5, 0.6) is 0 Å². The first-order valence-corrected chi connectivity index (χ1v) is 9.62. The lowest BCUT2D eigenvalue weighted by Gasteiger charge is -2.21. The number of esters is 1. The predicted octanol–water partition coefficient (Wildman–Crippen LogP) is 0.580. The lowest BCUT2D eigenvalue weighted by atomic mass is 10.2. The van der Waals surface area contributed by atoms with Gasteiger partial charge in [-0.3, -0.25) is 14.4 Å². The lowest BCUT2D eigenvalue weighted by Crippen LogP contribution is -2.36. The van der Waals surface area contributed by atoms with Crippen LogP contribution in [0.4, 0.5) is 0 Å². The summed E-state index contributed by atoms with van der Waals surface area (Å²) in [4.78, 5) is 39.3. The van der Waals surface area contributed by atoms with Crippen molar-refractivity contribution < 1.29 is 17.9 Å². The van der Waals surface area contributed by atoms with Crippen LogP contribution in [-0.4, -0.2) is 42.3 Å². The van der Waals surface area contributed by atoms with Crippen molar-refractivity contribution >= 4 is 27.0 Å². The standard InChI is InChI=1S/C18H17N3O6S/c1-27-16(22)11-21(10-12-5-3-2-4-6-12)28(25,26)13-7-8-14-15(9-13)20-18(24)17(23)19-14/h2-9H,10-11H2,1H3,(H,19,23)(H,20,24). The van der Waals surface area contributed by atoms with Crippen molar-refractivity contribution in [2.24, 2.45) is 0 Å². The molecular weight excluding hydrogens is 386 g/mol. The highest BCUT2D eigenvalue weighted by Gasteiger charge is 2.27. The molecule has 1 heterocycles. The number of sulfonamides is 1. The number of nitrogens with one attached hydrogen (secondary N) is 2. The van der Waals surface area contributed by atoms with Gasteiger partial charge in [0.25, 0.3) is 0 Å². The predicted molar refractivity (Wildman–Crippen MR) is 101 cm³/mol. The first kappa shape index (κ1) is 19.5. The van der Waals surface area contributed by atoms with Crippen molar-refractivity contribution in [1.29, 1.82) is 0 Å². The number of benzene rings is 2. The molecule has 28 heavy (non-hydrogen) atoms. The Balaban J connectivity index is 2.05. The molecule has 0 bridgehead atoms. The summed E-state index contributed by atoms with van der Waals surface area (Å²) in [6.45, 7) is -0.521. The Kier molecular flexibility index (Phi) is 5.43. The molecule has 0 aliphatic heterocycles. The Labute approximate surface area is 159 Å². The summed E-state index contributed by atoms with van der Waals surface area (Å²) in [5.41, 5.74) is -0.597. The van der Waals surface area contributed by atoms with Crippen molar-refractivity contribution in [2.75, 3.05) is 13.7 Å². The van der Waals surface area contributed by atoms with Crippen LogP contribution in [0.15, 0.2) is 63.0 Å². The second-order valence-corrected chi connectivity index (χ2v) is 7.89. The van der Waals surface area contributed by atoms with Crippen LogP contribution in [-0.2, 0) is 26.1 Å². The Morgan fingerprint density at radius 2 is 1.64 bits per heavy atom. The number of hydrogen-bond donors (Lipinski definition) is 2. The van der Waals surface area contributed by atoms with Gasteiger partial charge in [0, 0.05) is 6.54 Å². The lowest BCUT2D eigenvalue weighted by molar-refractivity contribution is -0.140. The maximum absolute atomic E-state index is 13.1. The van der Waals surface area contributed by atoms with Gasteiger partial charge in [0.1, 0.15) is 6.54 Å². The van der Waals surface area contributed by atoms with Crippen LogP contribution in [0, 0.1) is 0 Å². The maximum Gasteiger partial charge on any atom is 0.321 e. The van der Waals surface area contributed by atoms with Crippen molar-refractivity contribution in [3.05, 3.63) is 74.8 Å². The van der Waals surface area contributed by atoms with Gasteiger partial charge in [0.05, 0.1) is 23.0 Å². The van der Waals surface area contributed by atoms with Gasteiger partial charge in [-0.25, -0.2) is 8.42 Å². The number of methoxy groups -OCH3 is 1. The van der Waals surface area contributed by atoms with E-state index >= 15 is 0 Å². The molecule has 9 nitrogen and oxygen atoms in total. The molecule has 146 valence electrons. The molecule has 0 saturated heterocycles. The van der Waals surface area contributed by atoms with Gasteiger partial charge in [-0.05, 0) is 23.8 Å². The van der Waals surface area contributed by atoms with E-state index in [-0.39, 0.29) is 22.5 Å². The van der Waals surface area contributed by atoms with Crippen LogP contribution in [0.3, 0.4) is 0 Å². The summed E-state index contributed by atoms with van der Waals surface area (Å²) in [5.74, 6) is -0.710. The van der Waals surface area contributed by atoms with E-state index in [4.69, 9.17) is 0 Å². The Morgan fingerprint density at radius 1 is 1.00 bits per heavy atom. The molecule has 0 radical (unpaired) electrons. The first-order chi connectivity index (χ1) is 13.3. The minimum Gasteiger partial charge on any atom is -0.468 e. The topological polar surface area (TPSA) is 129 Å². The molecule has 0 saturated carbocycles. The van der Waals surface area contributed by atoms with Gasteiger partial charge in [-0.1, -0.05) is 30.3 Å². The fraction of sp³-hybridized carbons (Fsp3) is 0.167. The smallest absolute Gasteiger partial charge is 0.321 e. The quantitative estimate of drug-likeness (QED) is 0.457. The number of nitrogens with zero attached hydrogens (tertiary/aromatic N) is 1. The van der Waals surface area contributed by atoms with Gasteiger partial charge < -0.3 is 14.7 Å². The molecular formula is C18H17N3O6S. The number of aromatic amines is 2. The SMILES string of the molecule is COC(=O)CN(Cc1ccccc1)S(=O)(=O)c1ccc2[nH]c(=O)c(=O)[nH]c2c1. The Bertz CT molecular complexity index is 1230. The van der Waals surface area contributed by atoms with E-state index in [9.17, 15) is 22.8 Å². The minimum atomic E-state index is -4.10. The van der Waals surface area contributed by atoms with E-state index in [0.29, 0.717) is 5.56 Å². The molecule has 2 aromatic carbocycles. The largest absolute Gasteiger partial charge is 0.468 e. The molecule has 0 amide bonds. The molecule has 0 spiro atoms. The minimum absolute atomic E-state index is 0.0432. The highest BCUT2D eigenvalue weighted by Crippen LogP contribution is 2.21. The van der Waals surface area contributed by atoms with Crippen LogP contribution >= 0.6 is 0 Å². The summed E-state index contributed by atoms with van der Waals surface area (Å²) in [6, 6.07) is 12.7. The van der Waals surface area contributed by atoms with E-state index in [0.717, 1.165) is 4.31 Å². The summed E-state index contributed by atoms with van der Waals surface area (Å²) >= 11 is 0. The number of fused-ring (bicyclic) bond motifs is 1. The number of ether oxygens (including phenoxy) is 1. The highest BCUT2D eigenvalue weighted by molar-refractivity contribution is 7.89. The summed E-state index contributed by atoms with van der Waals surface area (Å²) in [6.07, 6.45) is 0. The number of aromatic nitrogens is 2. The molecule has 0 aliphatic rings. The van der Waals surface area contributed by atoms with Crippen LogP contribution in [0.1, 0.15) is 5.56 Å². The van der Waals surface area contributed by atoms with E-state index in [1.165, 1.54) is 25.3 Å². The summed E-state index contributed by atoms with van der Waals surface area (Å²) in [5, 5.41) is 0. The van der Waals surface area contributed by atoms with Gasteiger partial charge in [0.15, 0.2) is 0 Å². The molecule has 1 aromatic heterocycles. The Hall–Kier alpha value is -3.24. The zero-order valence-electron chi connectivity index (χ0n) is 14.8. The van der Waals surface area contributed by atoms with E-state index in [2.05, 4.69) is 14.7 Å². The number of H-pyrrole nitrogens is 2. The Morgan fingerprint density at radius 3 is 2.29 bits per heavy atom. The van der Waals surface area contributed by atoms with E-state index < -0.39 is 33.7 Å². The second-order valence-electron chi connectivity index (χ2n) is 5.95. The number of carbonyl (C=O) groups is 1. The van der Waals surface area contributed by atoms with Gasteiger partial charge in [-0.2, -0.15) is 4.31 Å². The average Bonchev–Trinajstić information content (AvgIpc) is 2.68. The fourth-order valence-corrected chi connectivity index (χ4v) is 4.02. The monoisotopic (exact) mass is 403 g/mol. The first-order valence-electron chi connectivity index (χ1n) is 8.18. The summed E-state index contributed by atoms with van der Waals surface area (Å²) < 4.78 is 31.9.